The molecular formula is C14H22N2. The maximum Gasteiger partial charge on any atom is 0.0708 e. The Morgan fingerprint density at radius 3 is 2.69 bits per heavy atom. The van der Waals surface area contributed by atoms with Crippen LogP contribution in [-0.4, -0.2) is 11.5 Å². The van der Waals surface area contributed by atoms with E-state index in [0.717, 1.165) is 24.2 Å². The summed E-state index contributed by atoms with van der Waals surface area (Å²) >= 11 is 0. The van der Waals surface area contributed by atoms with E-state index >= 15 is 0 Å². The Morgan fingerprint density at radius 2 is 2.19 bits per heavy atom. The number of nitrogens with zero attached hydrogens (tertiary/aromatic N) is 1. The van der Waals surface area contributed by atoms with E-state index in [0.29, 0.717) is 0 Å². The molecule has 0 aromatic carbocycles. The smallest absolute Gasteiger partial charge is 0.0708 e. The van der Waals surface area contributed by atoms with Gasteiger partial charge in [0, 0.05) is 6.20 Å². The van der Waals surface area contributed by atoms with Crippen LogP contribution in [-0.2, 0) is 0 Å². The molecule has 0 saturated heterocycles. The fraction of sp³-hybridized carbons (Fsp3) is 0.500. The maximum atomic E-state index is 4.53. The normalized spacial score (nSPS) is 12.5. The van der Waals surface area contributed by atoms with Crippen molar-refractivity contribution >= 4 is 0 Å². The fourth-order valence-electron chi connectivity index (χ4n) is 1.82. The van der Waals surface area contributed by atoms with Crippen LogP contribution in [0, 0.1) is 13.8 Å². The van der Waals surface area contributed by atoms with Crippen LogP contribution in [0.15, 0.2) is 24.4 Å². The average Bonchev–Trinajstić information content (AvgIpc) is 2.20. The molecule has 0 saturated carbocycles. The first-order chi connectivity index (χ1) is 7.56. The lowest BCUT2D eigenvalue weighted by Gasteiger charge is -2.20. The third-order valence-electron chi connectivity index (χ3n) is 2.62. The van der Waals surface area contributed by atoms with Gasteiger partial charge in [-0.05, 0) is 44.9 Å². The number of aromatic nitrogens is 1. The lowest BCUT2D eigenvalue weighted by Crippen LogP contribution is -2.24. The van der Waals surface area contributed by atoms with Crippen LogP contribution < -0.4 is 5.32 Å². The molecule has 0 aliphatic heterocycles. The summed E-state index contributed by atoms with van der Waals surface area (Å²) in [4.78, 5) is 4.53. The first kappa shape index (κ1) is 12.9. The van der Waals surface area contributed by atoms with Gasteiger partial charge in [0.1, 0.15) is 0 Å². The number of rotatable bonds is 5. The van der Waals surface area contributed by atoms with Crippen LogP contribution >= 0.6 is 0 Å². The zero-order chi connectivity index (χ0) is 12.1. The monoisotopic (exact) mass is 218 g/mol. The van der Waals surface area contributed by atoms with Gasteiger partial charge in [-0.2, -0.15) is 0 Å². The van der Waals surface area contributed by atoms with E-state index in [2.05, 4.69) is 43.7 Å². The van der Waals surface area contributed by atoms with Gasteiger partial charge in [-0.3, -0.25) is 4.98 Å². The Hall–Kier alpha value is -1.15. The molecule has 0 aliphatic carbocycles. The van der Waals surface area contributed by atoms with E-state index in [4.69, 9.17) is 0 Å². The zero-order valence-corrected chi connectivity index (χ0v) is 10.8. The second-order valence-electron chi connectivity index (χ2n) is 4.45. The first-order valence-corrected chi connectivity index (χ1v) is 5.88. The Labute approximate surface area is 98.8 Å². The molecule has 0 radical (unpaired) electrons. The van der Waals surface area contributed by atoms with E-state index in [-0.39, 0.29) is 6.04 Å². The Kier molecular flexibility index (Phi) is 4.69. The molecule has 1 rings (SSSR count). The zero-order valence-electron chi connectivity index (χ0n) is 10.8. The second kappa shape index (κ2) is 5.80. The number of aryl methyl sites for hydroxylation is 2. The van der Waals surface area contributed by atoms with Gasteiger partial charge in [0.25, 0.3) is 0 Å². The van der Waals surface area contributed by atoms with E-state index in [1.807, 2.05) is 13.1 Å². The van der Waals surface area contributed by atoms with Gasteiger partial charge < -0.3 is 5.32 Å². The van der Waals surface area contributed by atoms with Crippen molar-refractivity contribution in [2.24, 2.45) is 0 Å². The van der Waals surface area contributed by atoms with Crippen LogP contribution in [0.5, 0.6) is 0 Å². The fourth-order valence-corrected chi connectivity index (χ4v) is 1.82. The Balaban J connectivity index is 2.96. The lowest BCUT2D eigenvalue weighted by molar-refractivity contribution is 0.576. The van der Waals surface area contributed by atoms with Gasteiger partial charge in [0.2, 0.25) is 0 Å². The molecule has 0 spiro atoms. The number of nitrogens with one attached hydrogen (secondary N) is 1. The van der Waals surface area contributed by atoms with E-state index in [1.165, 1.54) is 11.1 Å². The average molecular weight is 218 g/mol. The topological polar surface area (TPSA) is 24.9 Å². The molecule has 1 N–H and O–H groups in total. The van der Waals surface area contributed by atoms with Gasteiger partial charge in [-0.1, -0.05) is 25.1 Å². The van der Waals surface area contributed by atoms with E-state index < -0.39 is 0 Å². The summed E-state index contributed by atoms with van der Waals surface area (Å²) in [5.41, 5.74) is 4.66. The van der Waals surface area contributed by atoms with Crippen LogP contribution in [0.4, 0.5) is 0 Å². The van der Waals surface area contributed by atoms with Crippen molar-refractivity contribution in [1.82, 2.24) is 10.3 Å². The molecule has 0 amide bonds. The molecule has 2 nitrogen and oxygen atoms in total. The summed E-state index contributed by atoms with van der Waals surface area (Å²) in [6.07, 6.45) is 3.04. The quantitative estimate of drug-likeness (QED) is 0.767. The third kappa shape index (κ3) is 3.17. The molecule has 1 atom stereocenters. The standard InChI is InChI=1S/C14H22N2/c1-6-7-15-13(10(2)3)14-12(5)8-11(4)9-16-14/h8-9,13,15H,2,6-7H2,1,3-5H3. The maximum absolute atomic E-state index is 4.53. The van der Waals surface area contributed by atoms with Gasteiger partial charge in [0.05, 0.1) is 11.7 Å². The number of pyridine rings is 1. The van der Waals surface area contributed by atoms with E-state index in [1.54, 1.807) is 0 Å². The van der Waals surface area contributed by atoms with Crippen molar-refractivity contribution in [3.05, 3.63) is 41.2 Å². The number of hydrogen-bond donors (Lipinski definition) is 1. The summed E-state index contributed by atoms with van der Waals surface area (Å²) in [5.74, 6) is 0. The highest BCUT2D eigenvalue weighted by molar-refractivity contribution is 5.29. The van der Waals surface area contributed by atoms with Crippen molar-refractivity contribution in [3.63, 3.8) is 0 Å². The predicted octanol–water partition coefficient (Wildman–Crippen LogP) is 3.32. The molecular weight excluding hydrogens is 196 g/mol. The minimum atomic E-state index is 0.181. The highest BCUT2D eigenvalue weighted by atomic mass is 14.9. The van der Waals surface area contributed by atoms with Crippen LogP contribution in [0.1, 0.15) is 43.1 Å². The van der Waals surface area contributed by atoms with Crippen LogP contribution in [0.2, 0.25) is 0 Å². The van der Waals surface area contributed by atoms with E-state index in [9.17, 15) is 0 Å². The van der Waals surface area contributed by atoms with Gasteiger partial charge in [-0.15, -0.1) is 0 Å². The highest BCUT2D eigenvalue weighted by Crippen LogP contribution is 2.21. The molecule has 1 aromatic heterocycles. The van der Waals surface area contributed by atoms with Gasteiger partial charge >= 0.3 is 0 Å². The molecule has 88 valence electrons. The summed E-state index contributed by atoms with van der Waals surface area (Å²) in [6.45, 7) is 13.4. The van der Waals surface area contributed by atoms with Gasteiger partial charge in [0.15, 0.2) is 0 Å². The van der Waals surface area contributed by atoms with Crippen LogP contribution in [0.25, 0.3) is 0 Å². The SMILES string of the molecule is C=C(C)C(NCCC)c1ncc(C)cc1C. The molecule has 0 aliphatic rings. The summed E-state index contributed by atoms with van der Waals surface area (Å²) < 4.78 is 0. The first-order valence-electron chi connectivity index (χ1n) is 5.88. The van der Waals surface area contributed by atoms with Crippen molar-refractivity contribution in [3.8, 4) is 0 Å². The minimum absolute atomic E-state index is 0.181. The number of hydrogen-bond acceptors (Lipinski definition) is 2. The minimum Gasteiger partial charge on any atom is -0.305 e. The molecule has 2 heteroatoms. The Morgan fingerprint density at radius 1 is 1.50 bits per heavy atom. The summed E-state index contributed by atoms with van der Waals surface area (Å²) in [7, 11) is 0. The second-order valence-corrected chi connectivity index (χ2v) is 4.45. The van der Waals surface area contributed by atoms with Crippen molar-refractivity contribution in [1.29, 1.82) is 0 Å². The Bertz CT molecular complexity index is 369. The molecule has 1 heterocycles. The van der Waals surface area contributed by atoms with Crippen molar-refractivity contribution in [2.45, 2.75) is 40.2 Å². The summed E-state index contributed by atoms with van der Waals surface area (Å²) in [5, 5.41) is 3.48. The van der Waals surface area contributed by atoms with Crippen molar-refractivity contribution in [2.75, 3.05) is 6.54 Å². The van der Waals surface area contributed by atoms with Crippen LogP contribution in [0.3, 0.4) is 0 Å². The molecule has 16 heavy (non-hydrogen) atoms. The van der Waals surface area contributed by atoms with Gasteiger partial charge in [-0.25, -0.2) is 0 Å². The molecule has 1 unspecified atom stereocenters. The molecule has 1 aromatic rings. The third-order valence-corrected chi connectivity index (χ3v) is 2.62. The lowest BCUT2D eigenvalue weighted by atomic mass is 10.0. The summed E-state index contributed by atoms with van der Waals surface area (Å²) in [6, 6.07) is 2.35. The van der Waals surface area contributed by atoms with Crippen molar-refractivity contribution < 1.29 is 0 Å². The largest absolute Gasteiger partial charge is 0.305 e. The highest BCUT2D eigenvalue weighted by Gasteiger charge is 2.14. The molecule has 0 fully saturated rings. The molecule has 0 bridgehead atoms. The predicted molar refractivity (Wildman–Crippen MR) is 69.6 cm³/mol.